The molecule has 0 spiro atoms. The molecule has 0 unspecified atom stereocenters. The Morgan fingerprint density at radius 1 is 1.03 bits per heavy atom. The smallest absolute Gasteiger partial charge is 0.336 e. The van der Waals surface area contributed by atoms with Gasteiger partial charge in [0.05, 0.1) is 18.8 Å². The summed E-state index contributed by atoms with van der Waals surface area (Å²) < 4.78 is 10.8. The third-order valence-electron chi connectivity index (χ3n) is 6.48. The summed E-state index contributed by atoms with van der Waals surface area (Å²) in [5, 5.41) is 5.40. The summed E-state index contributed by atoms with van der Waals surface area (Å²) in [6.45, 7) is 5.99. The van der Waals surface area contributed by atoms with Crippen molar-refractivity contribution in [1.29, 1.82) is 0 Å². The van der Waals surface area contributed by atoms with Crippen molar-refractivity contribution < 1.29 is 23.9 Å². The lowest BCUT2D eigenvalue weighted by atomic mass is 9.68. The lowest BCUT2D eigenvalue weighted by Gasteiger charge is -2.39. The van der Waals surface area contributed by atoms with Crippen LogP contribution in [-0.4, -0.2) is 30.9 Å². The molecule has 1 N–H and O–H groups in total. The van der Waals surface area contributed by atoms with Crippen LogP contribution in [0.5, 0.6) is 0 Å². The normalized spacial score (nSPS) is 21.9. The summed E-state index contributed by atoms with van der Waals surface area (Å²) in [4.78, 5) is 41.6. The van der Waals surface area contributed by atoms with Crippen molar-refractivity contribution in [1.82, 2.24) is 5.32 Å². The number of allylic oxidation sites excluding steroid dienone is 3. The number of ketones is 1. The SMILES string of the molecule is CCCC1=C(C(=O)OCC)[C@@H](c2ccccc2)C2=C(C[C@H](c3cccs3)[C@H](C(=O)OCC)C2=O)N1. The number of esters is 2. The highest BCUT2D eigenvalue weighted by atomic mass is 32.1. The van der Waals surface area contributed by atoms with Gasteiger partial charge in [0.2, 0.25) is 0 Å². The van der Waals surface area contributed by atoms with Crippen LogP contribution in [0.15, 0.2) is 70.4 Å². The molecule has 1 aromatic heterocycles. The fraction of sp³-hybridized carbons (Fsp3) is 0.393. The number of nitrogens with one attached hydrogen (secondary N) is 1. The van der Waals surface area contributed by atoms with Crippen LogP contribution in [-0.2, 0) is 23.9 Å². The predicted molar refractivity (Wildman–Crippen MR) is 135 cm³/mol. The first-order chi connectivity index (χ1) is 17.0. The third kappa shape index (κ3) is 4.82. The molecule has 35 heavy (non-hydrogen) atoms. The summed E-state index contributed by atoms with van der Waals surface area (Å²) in [5.41, 5.74) is 3.29. The maximum atomic E-state index is 14.2. The van der Waals surface area contributed by atoms with Gasteiger partial charge in [-0.1, -0.05) is 49.7 Å². The Hall–Kier alpha value is -3.19. The van der Waals surface area contributed by atoms with Crippen molar-refractivity contribution in [2.24, 2.45) is 5.92 Å². The van der Waals surface area contributed by atoms with Gasteiger partial charge in [-0.15, -0.1) is 11.3 Å². The maximum Gasteiger partial charge on any atom is 0.336 e. The highest BCUT2D eigenvalue weighted by Crippen LogP contribution is 2.49. The number of carbonyl (C=O) groups excluding carboxylic acids is 3. The van der Waals surface area contributed by atoms with Crippen LogP contribution in [0.1, 0.15) is 62.3 Å². The first-order valence-electron chi connectivity index (χ1n) is 12.2. The lowest BCUT2D eigenvalue weighted by Crippen LogP contribution is -2.43. The second kappa shape index (κ2) is 11.0. The van der Waals surface area contributed by atoms with E-state index in [9.17, 15) is 14.4 Å². The van der Waals surface area contributed by atoms with E-state index in [1.54, 1.807) is 13.8 Å². The summed E-state index contributed by atoms with van der Waals surface area (Å²) in [5.74, 6) is -3.14. The van der Waals surface area contributed by atoms with Gasteiger partial charge in [-0.3, -0.25) is 9.59 Å². The summed E-state index contributed by atoms with van der Waals surface area (Å²) >= 11 is 1.53. The van der Waals surface area contributed by atoms with Crippen molar-refractivity contribution in [3.05, 3.63) is 80.8 Å². The number of Topliss-reactive ketones (excluding diaryl/α,β-unsaturated/α-hetero) is 1. The molecule has 0 amide bonds. The average Bonchev–Trinajstić information content (AvgIpc) is 3.39. The van der Waals surface area contributed by atoms with E-state index < -0.39 is 23.8 Å². The molecular weight excluding hydrogens is 462 g/mol. The monoisotopic (exact) mass is 493 g/mol. The molecule has 2 aliphatic rings. The molecule has 0 bridgehead atoms. The van der Waals surface area contributed by atoms with Crippen LogP contribution in [0.3, 0.4) is 0 Å². The van der Waals surface area contributed by atoms with E-state index in [1.807, 2.05) is 47.8 Å². The molecule has 3 atom stereocenters. The van der Waals surface area contributed by atoms with Gasteiger partial charge in [0.1, 0.15) is 5.92 Å². The molecule has 184 valence electrons. The molecule has 0 fully saturated rings. The molecule has 1 aromatic carbocycles. The van der Waals surface area contributed by atoms with Crippen molar-refractivity contribution >= 4 is 29.1 Å². The summed E-state index contributed by atoms with van der Waals surface area (Å²) in [6.07, 6.45) is 1.95. The first kappa shape index (κ1) is 24.9. The second-order valence-electron chi connectivity index (χ2n) is 8.64. The van der Waals surface area contributed by atoms with Crippen LogP contribution in [0.25, 0.3) is 0 Å². The summed E-state index contributed by atoms with van der Waals surface area (Å²) in [7, 11) is 0. The maximum absolute atomic E-state index is 14.2. The summed E-state index contributed by atoms with van der Waals surface area (Å²) in [6, 6.07) is 13.4. The van der Waals surface area contributed by atoms with Gasteiger partial charge in [-0.25, -0.2) is 4.79 Å². The molecule has 6 nitrogen and oxygen atoms in total. The second-order valence-corrected chi connectivity index (χ2v) is 9.62. The van der Waals surface area contributed by atoms with Crippen LogP contribution in [0.2, 0.25) is 0 Å². The van der Waals surface area contributed by atoms with E-state index in [0.29, 0.717) is 24.0 Å². The lowest BCUT2D eigenvalue weighted by molar-refractivity contribution is -0.152. The predicted octanol–water partition coefficient (Wildman–Crippen LogP) is 5.24. The van der Waals surface area contributed by atoms with Crippen LogP contribution >= 0.6 is 11.3 Å². The van der Waals surface area contributed by atoms with Crippen LogP contribution in [0.4, 0.5) is 0 Å². The van der Waals surface area contributed by atoms with Crippen molar-refractivity contribution in [3.63, 3.8) is 0 Å². The number of dihydropyridines is 1. The quantitative estimate of drug-likeness (QED) is 0.400. The highest BCUT2D eigenvalue weighted by Gasteiger charge is 2.49. The molecule has 0 saturated heterocycles. The zero-order valence-electron chi connectivity index (χ0n) is 20.3. The molecule has 4 rings (SSSR count). The number of ether oxygens (including phenoxy) is 2. The third-order valence-corrected chi connectivity index (χ3v) is 7.49. The molecule has 1 aliphatic heterocycles. The van der Waals surface area contributed by atoms with E-state index in [2.05, 4.69) is 12.2 Å². The Bertz CT molecular complexity index is 1150. The van der Waals surface area contributed by atoms with Gasteiger partial charge in [-0.2, -0.15) is 0 Å². The van der Waals surface area contributed by atoms with E-state index in [-0.39, 0.29) is 24.9 Å². The van der Waals surface area contributed by atoms with E-state index in [1.165, 1.54) is 11.3 Å². The molecule has 0 radical (unpaired) electrons. The van der Waals surface area contributed by atoms with E-state index >= 15 is 0 Å². The highest BCUT2D eigenvalue weighted by molar-refractivity contribution is 7.10. The molecular formula is C28H31NO5S. The van der Waals surface area contributed by atoms with Gasteiger partial charge in [0.15, 0.2) is 5.78 Å². The zero-order valence-corrected chi connectivity index (χ0v) is 21.2. The van der Waals surface area contributed by atoms with Crippen LogP contribution < -0.4 is 5.32 Å². The Labute approximate surface area is 210 Å². The van der Waals surface area contributed by atoms with Gasteiger partial charge in [0, 0.05) is 33.7 Å². The zero-order chi connectivity index (χ0) is 24.9. The van der Waals surface area contributed by atoms with Gasteiger partial charge >= 0.3 is 11.9 Å². The molecule has 7 heteroatoms. The van der Waals surface area contributed by atoms with Crippen LogP contribution in [0, 0.1) is 5.92 Å². The van der Waals surface area contributed by atoms with Gasteiger partial charge in [0.25, 0.3) is 0 Å². The first-order valence-corrected chi connectivity index (χ1v) is 13.1. The fourth-order valence-corrected chi connectivity index (χ4v) is 5.96. The Kier molecular flexibility index (Phi) is 7.86. The van der Waals surface area contributed by atoms with Gasteiger partial charge in [-0.05, 0) is 43.7 Å². The molecule has 1 aliphatic carbocycles. The number of thiophene rings is 1. The minimum absolute atomic E-state index is 0.195. The Morgan fingerprint density at radius 2 is 1.77 bits per heavy atom. The number of hydrogen-bond acceptors (Lipinski definition) is 7. The van der Waals surface area contributed by atoms with Crippen molar-refractivity contribution in [3.8, 4) is 0 Å². The largest absolute Gasteiger partial charge is 0.465 e. The number of hydrogen-bond donors (Lipinski definition) is 1. The minimum Gasteiger partial charge on any atom is -0.465 e. The number of rotatable bonds is 8. The van der Waals surface area contributed by atoms with E-state index in [4.69, 9.17) is 9.47 Å². The number of benzene rings is 1. The average molecular weight is 494 g/mol. The number of carbonyl (C=O) groups is 3. The van der Waals surface area contributed by atoms with Crippen molar-refractivity contribution in [2.75, 3.05) is 13.2 Å². The minimum atomic E-state index is -0.962. The molecule has 2 aromatic rings. The van der Waals surface area contributed by atoms with Crippen molar-refractivity contribution in [2.45, 2.75) is 51.9 Å². The molecule has 2 heterocycles. The Morgan fingerprint density at radius 3 is 2.40 bits per heavy atom. The standard InChI is InChI=1S/C28H31NO5S/c1-4-11-19-25(28(32)34-6-3)22(17-12-8-7-9-13-17)24-20(29-19)16-18(21-14-10-15-35-21)23(26(24)30)27(31)33-5-2/h7-10,12-15,18,22-23,29H,4-6,11,16H2,1-3H3/t18-,22+,23+/m1/s1. The topological polar surface area (TPSA) is 81.7 Å². The van der Waals surface area contributed by atoms with E-state index in [0.717, 1.165) is 28.3 Å². The fourth-order valence-electron chi connectivity index (χ4n) is 5.10. The molecule has 0 saturated carbocycles. The Balaban J connectivity index is 1.90. The van der Waals surface area contributed by atoms with Gasteiger partial charge < -0.3 is 14.8 Å².